The summed E-state index contributed by atoms with van der Waals surface area (Å²) in [5, 5.41) is 2.83. The van der Waals surface area contributed by atoms with Crippen molar-refractivity contribution in [1.29, 1.82) is 0 Å². The smallest absolute Gasteiger partial charge is 0.255 e. The topological polar surface area (TPSA) is 54.5 Å². The highest BCUT2D eigenvalue weighted by atomic mass is 16.5. The van der Waals surface area contributed by atoms with Crippen molar-refractivity contribution < 1.29 is 9.53 Å². The fraction of sp³-hybridized carbons (Fsp3) is 0.538. The third kappa shape index (κ3) is 2.98. The average molecular weight is 249 g/mol. The molecule has 1 N–H and O–H groups in total. The first-order valence-corrected chi connectivity index (χ1v) is 6.30. The van der Waals surface area contributed by atoms with Crippen molar-refractivity contribution in [3.8, 4) is 0 Å². The second-order valence-corrected chi connectivity index (χ2v) is 4.32. The summed E-state index contributed by atoms with van der Waals surface area (Å²) in [7, 11) is 1.62. The second kappa shape index (κ2) is 6.35. The molecule has 1 fully saturated rings. The molecule has 18 heavy (non-hydrogen) atoms. The molecule has 1 amide bonds. The molecule has 2 rings (SSSR count). The third-order valence-electron chi connectivity index (χ3n) is 3.03. The number of anilines is 1. The maximum absolute atomic E-state index is 12.1. The Labute approximate surface area is 107 Å². The van der Waals surface area contributed by atoms with Gasteiger partial charge in [0.1, 0.15) is 5.82 Å². The predicted octanol–water partition coefficient (Wildman–Crippen LogP) is 1.06. The molecule has 0 aromatic carbocycles. The number of methoxy groups -OCH3 is 1. The Morgan fingerprint density at radius 1 is 1.50 bits per heavy atom. The molecule has 0 aliphatic carbocycles. The molecule has 1 aliphatic rings. The molecule has 1 aromatic rings. The van der Waals surface area contributed by atoms with Crippen LogP contribution in [0.3, 0.4) is 0 Å². The molecule has 5 heteroatoms. The minimum atomic E-state index is -0.0814. The summed E-state index contributed by atoms with van der Waals surface area (Å²) in [4.78, 5) is 18.6. The normalized spacial score (nSPS) is 14.8. The maximum Gasteiger partial charge on any atom is 0.255 e. The van der Waals surface area contributed by atoms with Gasteiger partial charge in [0.05, 0.1) is 12.2 Å². The molecule has 0 spiro atoms. The van der Waals surface area contributed by atoms with Crippen LogP contribution in [0.4, 0.5) is 5.82 Å². The van der Waals surface area contributed by atoms with Gasteiger partial charge < -0.3 is 15.0 Å². The first kappa shape index (κ1) is 12.8. The fourth-order valence-electron chi connectivity index (χ4n) is 2.12. The van der Waals surface area contributed by atoms with Gasteiger partial charge in [-0.2, -0.15) is 0 Å². The molecule has 0 bridgehead atoms. The van der Waals surface area contributed by atoms with E-state index in [-0.39, 0.29) is 5.91 Å². The second-order valence-electron chi connectivity index (χ2n) is 4.32. The number of hydrogen-bond acceptors (Lipinski definition) is 4. The number of carbonyl (C=O) groups excluding carboxylic acids is 1. The van der Waals surface area contributed by atoms with E-state index < -0.39 is 0 Å². The van der Waals surface area contributed by atoms with Gasteiger partial charge in [-0.3, -0.25) is 4.79 Å². The van der Waals surface area contributed by atoms with E-state index in [0.29, 0.717) is 18.7 Å². The van der Waals surface area contributed by atoms with Crippen LogP contribution in [-0.4, -0.2) is 44.2 Å². The summed E-state index contributed by atoms with van der Waals surface area (Å²) >= 11 is 0. The Bertz CT molecular complexity index is 403. The van der Waals surface area contributed by atoms with E-state index in [1.54, 1.807) is 19.4 Å². The molecule has 1 saturated heterocycles. The minimum Gasteiger partial charge on any atom is -0.383 e. The van der Waals surface area contributed by atoms with Crippen LogP contribution in [0.25, 0.3) is 0 Å². The Morgan fingerprint density at radius 2 is 2.28 bits per heavy atom. The van der Waals surface area contributed by atoms with E-state index in [1.165, 1.54) is 12.8 Å². The van der Waals surface area contributed by atoms with Crippen LogP contribution in [0.5, 0.6) is 0 Å². The van der Waals surface area contributed by atoms with E-state index in [0.717, 1.165) is 18.9 Å². The fourth-order valence-corrected chi connectivity index (χ4v) is 2.12. The SMILES string of the molecule is COCCNC(=O)c1cccnc1N1CCCC1. The van der Waals surface area contributed by atoms with Crippen LogP contribution in [0, 0.1) is 0 Å². The van der Waals surface area contributed by atoms with E-state index >= 15 is 0 Å². The molecular formula is C13H19N3O2. The summed E-state index contributed by atoms with van der Waals surface area (Å²) < 4.78 is 4.92. The zero-order valence-electron chi connectivity index (χ0n) is 10.7. The molecule has 0 saturated carbocycles. The first-order chi connectivity index (χ1) is 8.83. The van der Waals surface area contributed by atoms with E-state index in [2.05, 4.69) is 15.2 Å². The summed E-state index contributed by atoms with van der Waals surface area (Å²) in [5.41, 5.74) is 0.649. The Morgan fingerprint density at radius 3 is 3.00 bits per heavy atom. The van der Waals surface area contributed by atoms with Gasteiger partial charge in [0.2, 0.25) is 0 Å². The average Bonchev–Trinajstić information content (AvgIpc) is 2.93. The van der Waals surface area contributed by atoms with Gasteiger partial charge in [0.25, 0.3) is 5.91 Å². The zero-order valence-corrected chi connectivity index (χ0v) is 10.7. The Balaban J connectivity index is 2.08. The Kier molecular flexibility index (Phi) is 4.52. The monoisotopic (exact) mass is 249 g/mol. The van der Waals surface area contributed by atoms with Crippen molar-refractivity contribution in [2.24, 2.45) is 0 Å². The minimum absolute atomic E-state index is 0.0814. The number of carbonyl (C=O) groups is 1. The lowest BCUT2D eigenvalue weighted by Gasteiger charge is -2.19. The quantitative estimate of drug-likeness (QED) is 0.793. The van der Waals surface area contributed by atoms with Crippen LogP contribution < -0.4 is 10.2 Å². The number of aromatic nitrogens is 1. The standard InChI is InChI=1S/C13H19N3O2/c1-18-10-7-15-13(17)11-5-4-6-14-12(11)16-8-2-3-9-16/h4-6H,2-3,7-10H2,1H3,(H,15,17). The zero-order chi connectivity index (χ0) is 12.8. The van der Waals surface area contributed by atoms with Crippen LogP contribution in [-0.2, 0) is 4.74 Å². The van der Waals surface area contributed by atoms with Crippen molar-refractivity contribution in [2.45, 2.75) is 12.8 Å². The van der Waals surface area contributed by atoms with Crippen molar-refractivity contribution in [3.63, 3.8) is 0 Å². The summed E-state index contributed by atoms with van der Waals surface area (Å²) in [5.74, 6) is 0.715. The number of pyridine rings is 1. The van der Waals surface area contributed by atoms with Crippen LogP contribution in [0.15, 0.2) is 18.3 Å². The highest BCUT2D eigenvalue weighted by molar-refractivity contribution is 5.98. The van der Waals surface area contributed by atoms with Crippen molar-refractivity contribution in [3.05, 3.63) is 23.9 Å². The van der Waals surface area contributed by atoms with E-state index in [9.17, 15) is 4.79 Å². The Hall–Kier alpha value is -1.62. The van der Waals surface area contributed by atoms with Gasteiger partial charge in [-0.25, -0.2) is 4.98 Å². The number of nitrogens with zero attached hydrogens (tertiary/aromatic N) is 2. The first-order valence-electron chi connectivity index (χ1n) is 6.30. The van der Waals surface area contributed by atoms with Gasteiger partial charge in [-0.15, -0.1) is 0 Å². The van der Waals surface area contributed by atoms with Crippen molar-refractivity contribution in [1.82, 2.24) is 10.3 Å². The summed E-state index contributed by atoms with van der Waals surface area (Å²) in [6, 6.07) is 3.62. The number of nitrogens with one attached hydrogen (secondary N) is 1. The molecule has 2 heterocycles. The van der Waals surface area contributed by atoms with Gasteiger partial charge in [-0.1, -0.05) is 0 Å². The maximum atomic E-state index is 12.1. The highest BCUT2D eigenvalue weighted by Crippen LogP contribution is 2.21. The van der Waals surface area contributed by atoms with E-state index in [4.69, 9.17) is 4.74 Å². The van der Waals surface area contributed by atoms with Crippen LogP contribution >= 0.6 is 0 Å². The van der Waals surface area contributed by atoms with Crippen molar-refractivity contribution >= 4 is 11.7 Å². The molecular weight excluding hydrogens is 230 g/mol. The predicted molar refractivity (Wildman–Crippen MR) is 69.9 cm³/mol. The van der Waals surface area contributed by atoms with Crippen LogP contribution in [0.2, 0.25) is 0 Å². The number of rotatable bonds is 5. The molecule has 5 nitrogen and oxygen atoms in total. The van der Waals surface area contributed by atoms with Gasteiger partial charge in [0.15, 0.2) is 0 Å². The highest BCUT2D eigenvalue weighted by Gasteiger charge is 2.20. The molecule has 98 valence electrons. The number of hydrogen-bond donors (Lipinski definition) is 1. The van der Waals surface area contributed by atoms with Crippen LogP contribution in [0.1, 0.15) is 23.2 Å². The lowest BCUT2D eigenvalue weighted by Crippen LogP contribution is -2.30. The van der Waals surface area contributed by atoms with Gasteiger partial charge >= 0.3 is 0 Å². The molecule has 0 atom stereocenters. The lowest BCUT2D eigenvalue weighted by molar-refractivity contribution is 0.0937. The van der Waals surface area contributed by atoms with Crippen molar-refractivity contribution in [2.75, 3.05) is 38.3 Å². The molecule has 0 unspecified atom stereocenters. The van der Waals surface area contributed by atoms with Gasteiger partial charge in [-0.05, 0) is 25.0 Å². The van der Waals surface area contributed by atoms with Gasteiger partial charge in [0, 0.05) is 32.9 Å². The lowest BCUT2D eigenvalue weighted by atomic mass is 10.2. The molecule has 1 aromatic heterocycles. The third-order valence-corrected chi connectivity index (χ3v) is 3.03. The molecule has 0 radical (unpaired) electrons. The number of ether oxygens (including phenoxy) is 1. The summed E-state index contributed by atoms with van der Waals surface area (Å²) in [6.45, 7) is 3.00. The van der Waals surface area contributed by atoms with E-state index in [1.807, 2.05) is 6.07 Å². The molecule has 1 aliphatic heterocycles. The number of amides is 1. The summed E-state index contributed by atoms with van der Waals surface area (Å²) in [6.07, 6.45) is 4.07. The largest absolute Gasteiger partial charge is 0.383 e.